The van der Waals surface area contributed by atoms with E-state index in [4.69, 9.17) is 0 Å². The minimum absolute atomic E-state index is 0.0219. The molecule has 0 saturated heterocycles. The number of rotatable bonds is 6. The largest absolute Gasteiger partial charge is 0.354 e. The number of nitrogens with one attached hydrogen (secondary N) is 3. The maximum absolute atomic E-state index is 12.1. The van der Waals surface area contributed by atoms with Gasteiger partial charge in [0.25, 0.3) is 5.91 Å². The smallest absolute Gasteiger partial charge is 0.268 e. The Morgan fingerprint density at radius 2 is 1.95 bits per heavy atom. The molecule has 0 spiro atoms. The minimum Gasteiger partial charge on any atom is -0.354 e. The van der Waals surface area contributed by atoms with Crippen LogP contribution in [-0.4, -0.2) is 35.8 Å². The van der Waals surface area contributed by atoms with E-state index in [9.17, 15) is 9.59 Å². The molecule has 1 amide bonds. The van der Waals surface area contributed by atoms with Gasteiger partial charge in [0, 0.05) is 23.8 Å². The van der Waals surface area contributed by atoms with Crippen molar-refractivity contribution in [2.45, 2.75) is 40.7 Å². The van der Waals surface area contributed by atoms with Crippen LogP contribution in [0.3, 0.4) is 0 Å². The highest BCUT2D eigenvalue weighted by atomic mass is 16.2. The molecule has 0 aromatic carbocycles. The number of carbonyl (C=O) groups excluding carboxylic acids is 2. The number of likely N-dealkylation sites (N-methyl/N-ethyl adjacent to an activating group) is 1. The summed E-state index contributed by atoms with van der Waals surface area (Å²) in [4.78, 5) is 26.6. The van der Waals surface area contributed by atoms with E-state index in [1.165, 1.54) is 6.92 Å². The Morgan fingerprint density at radius 3 is 2.42 bits per heavy atom. The Hall–Kier alpha value is -1.62. The highest BCUT2D eigenvalue weighted by Gasteiger charge is 2.19. The van der Waals surface area contributed by atoms with Crippen LogP contribution in [-0.2, 0) is 0 Å². The van der Waals surface area contributed by atoms with Gasteiger partial charge in [-0.25, -0.2) is 0 Å². The molecular formula is C14H23N3O2. The third kappa shape index (κ3) is 3.67. The number of aromatic nitrogens is 1. The van der Waals surface area contributed by atoms with Crippen molar-refractivity contribution >= 4 is 11.7 Å². The molecule has 106 valence electrons. The summed E-state index contributed by atoms with van der Waals surface area (Å²) in [6.45, 7) is 10.6. The van der Waals surface area contributed by atoms with Crippen molar-refractivity contribution in [2.24, 2.45) is 0 Å². The van der Waals surface area contributed by atoms with Crippen LogP contribution in [0.2, 0.25) is 0 Å². The Balaban J connectivity index is 2.78. The number of hydrogen-bond acceptors (Lipinski definition) is 3. The summed E-state index contributed by atoms with van der Waals surface area (Å²) in [6.07, 6.45) is 0. The van der Waals surface area contributed by atoms with Crippen LogP contribution in [0.1, 0.15) is 52.9 Å². The Kier molecular flexibility index (Phi) is 5.30. The van der Waals surface area contributed by atoms with Crippen molar-refractivity contribution < 1.29 is 9.59 Å². The van der Waals surface area contributed by atoms with Gasteiger partial charge < -0.3 is 15.6 Å². The highest BCUT2D eigenvalue weighted by Crippen LogP contribution is 2.18. The predicted molar refractivity (Wildman–Crippen MR) is 75.7 cm³/mol. The molecule has 1 aromatic heterocycles. The molecule has 0 fully saturated rings. The summed E-state index contributed by atoms with van der Waals surface area (Å²) in [6, 6.07) is 0.220. The van der Waals surface area contributed by atoms with Crippen molar-refractivity contribution in [1.29, 1.82) is 0 Å². The topological polar surface area (TPSA) is 74.0 Å². The molecule has 0 saturated carbocycles. The fourth-order valence-electron chi connectivity index (χ4n) is 2.26. The molecule has 0 aliphatic carbocycles. The standard InChI is InChI=1S/C14H23N3O2/c1-6-15-8(2)7-16-14(19)13-9(3)12(11(5)18)10(4)17-13/h8,15,17H,6-7H2,1-5H3,(H,16,19)/t8-/m1/s1. The average Bonchev–Trinajstić information content (AvgIpc) is 2.62. The maximum Gasteiger partial charge on any atom is 0.268 e. The number of carbonyl (C=O) groups is 2. The first-order valence-electron chi connectivity index (χ1n) is 6.60. The first-order valence-corrected chi connectivity index (χ1v) is 6.60. The van der Waals surface area contributed by atoms with Gasteiger partial charge in [0.2, 0.25) is 0 Å². The summed E-state index contributed by atoms with van der Waals surface area (Å²) in [5, 5.41) is 6.08. The van der Waals surface area contributed by atoms with E-state index in [-0.39, 0.29) is 17.7 Å². The molecule has 0 aliphatic rings. The van der Waals surface area contributed by atoms with E-state index in [2.05, 4.69) is 15.6 Å². The van der Waals surface area contributed by atoms with Gasteiger partial charge in [0.1, 0.15) is 5.69 Å². The zero-order valence-electron chi connectivity index (χ0n) is 12.3. The summed E-state index contributed by atoms with van der Waals surface area (Å²) in [5.41, 5.74) is 2.56. The zero-order valence-corrected chi connectivity index (χ0v) is 12.3. The van der Waals surface area contributed by atoms with Gasteiger partial charge in [-0.2, -0.15) is 0 Å². The molecule has 19 heavy (non-hydrogen) atoms. The maximum atomic E-state index is 12.1. The van der Waals surface area contributed by atoms with Gasteiger partial charge >= 0.3 is 0 Å². The number of ketones is 1. The van der Waals surface area contributed by atoms with E-state index in [0.29, 0.717) is 17.8 Å². The van der Waals surface area contributed by atoms with Crippen molar-refractivity contribution in [3.63, 3.8) is 0 Å². The van der Waals surface area contributed by atoms with Crippen LogP contribution in [0, 0.1) is 13.8 Å². The SMILES string of the molecule is CCN[C@H](C)CNC(=O)c1[nH]c(C)c(C(C)=O)c1C. The zero-order chi connectivity index (χ0) is 14.6. The molecular weight excluding hydrogens is 242 g/mol. The van der Waals surface area contributed by atoms with Gasteiger partial charge in [0.05, 0.1) is 0 Å². The second kappa shape index (κ2) is 6.52. The summed E-state index contributed by atoms with van der Waals surface area (Å²) in [5.74, 6) is -0.191. The number of aromatic amines is 1. The number of H-pyrrole nitrogens is 1. The molecule has 0 aliphatic heterocycles. The first-order chi connectivity index (χ1) is 8.88. The summed E-state index contributed by atoms with van der Waals surface area (Å²) >= 11 is 0. The summed E-state index contributed by atoms with van der Waals surface area (Å²) in [7, 11) is 0. The van der Waals surface area contributed by atoms with Crippen LogP contribution < -0.4 is 10.6 Å². The number of amides is 1. The third-order valence-electron chi connectivity index (χ3n) is 3.14. The average molecular weight is 265 g/mol. The lowest BCUT2D eigenvalue weighted by Crippen LogP contribution is -2.39. The Bertz CT molecular complexity index is 477. The monoisotopic (exact) mass is 265 g/mol. The highest BCUT2D eigenvalue weighted by molar-refractivity contribution is 6.02. The molecule has 1 aromatic rings. The van der Waals surface area contributed by atoms with Crippen LogP contribution in [0.5, 0.6) is 0 Å². The summed E-state index contributed by atoms with van der Waals surface area (Å²) < 4.78 is 0. The van der Waals surface area contributed by atoms with Crippen LogP contribution >= 0.6 is 0 Å². The predicted octanol–water partition coefficient (Wildman–Crippen LogP) is 1.56. The van der Waals surface area contributed by atoms with Gasteiger partial charge in [0.15, 0.2) is 5.78 Å². The quantitative estimate of drug-likeness (QED) is 0.683. The van der Waals surface area contributed by atoms with Crippen molar-refractivity contribution in [2.75, 3.05) is 13.1 Å². The van der Waals surface area contributed by atoms with Gasteiger partial charge in [-0.05, 0) is 39.8 Å². The van der Waals surface area contributed by atoms with Crippen LogP contribution in [0.4, 0.5) is 0 Å². The number of Topliss-reactive ketones (excluding diaryl/α,β-unsaturated/α-hetero) is 1. The molecule has 3 N–H and O–H groups in total. The molecule has 1 rings (SSSR count). The fourth-order valence-corrected chi connectivity index (χ4v) is 2.26. The lowest BCUT2D eigenvalue weighted by atomic mass is 10.1. The van der Waals surface area contributed by atoms with Crippen molar-refractivity contribution in [3.8, 4) is 0 Å². The van der Waals surface area contributed by atoms with E-state index in [1.54, 1.807) is 6.92 Å². The molecule has 5 heteroatoms. The lowest BCUT2D eigenvalue weighted by Gasteiger charge is -2.13. The van der Waals surface area contributed by atoms with E-state index < -0.39 is 0 Å². The fraction of sp³-hybridized carbons (Fsp3) is 0.571. The second-order valence-electron chi connectivity index (χ2n) is 4.85. The second-order valence-corrected chi connectivity index (χ2v) is 4.85. The molecule has 0 bridgehead atoms. The van der Waals surface area contributed by atoms with Gasteiger partial charge in [-0.3, -0.25) is 9.59 Å². The first kappa shape index (κ1) is 15.4. The van der Waals surface area contributed by atoms with Gasteiger partial charge in [-0.15, -0.1) is 0 Å². The third-order valence-corrected chi connectivity index (χ3v) is 3.14. The van der Waals surface area contributed by atoms with Crippen molar-refractivity contribution in [1.82, 2.24) is 15.6 Å². The molecule has 5 nitrogen and oxygen atoms in total. The van der Waals surface area contributed by atoms with E-state index >= 15 is 0 Å². The molecule has 1 atom stereocenters. The minimum atomic E-state index is -0.169. The van der Waals surface area contributed by atoms with Crippen LogP contribution in [0.15, 0.2) is 0 Å². The van der Waals surface area contributed by atoms with E-state index in [0.717, 1.165) is 17.8 Å². The molecule has 1 heterocycles. The number of aryl methyl sites for hydroxylation is 1. The van der Waals surface area contributed by atoms with Crippen LogP contribution in [0.25, 0.3) is 0 Å². The van der Waals surface area contributed by atoms with Gasteiger partial charge in [-0.1, -0.05) is 6.92 Å². The van der Waals surface area contributed by atoms with Crippen molar-refractivity contribution in [3.05, 3.63) is 22.5 Å². The van der Waals surface area contributed by atoms with E-state index in [1.807, 2.05) is 20.8 Å². The lowest BCUT2D eigenvalue weighted by molar-refractivity contribution is 0.0945. The Labute approximate surface area is 114 Å². The molecule has 0 radical (unpaired) electrons. The molecule has 0 unspecified atom stereocenters. The normalized spacial score (nSPS) is 12.3. The Morgan fingerprint density at radius 1 is 1.32 bits per heavy atom. The number of hydrogen-bond donors (Lipinski definition) is 3.